The molecule has 0 aliphatic rings. The maximum Gasteiger partial charge on any atom is 0.252 e. The van der Waals surface area contributed by atoms with Gasteiger partial charge in [-0.15, -0.1) is 0 Å². The molecule has 16 heavy (non-hydrogen) atoms. The van der Waals surface area contributed by atoms with Gasteiger partial charge in [-0.1, -0.05) is 11.2 Å². The van der Waals surface area contributed by atoms with Gasteiger partial charge in [0.15, 0.2) is 0 Å². The molecular weight excluding hydrogens is 279 g/mol. The van der Waals surface area contributed by atoms with Gasteiger partial charge in [0.25, 0.3) is 5.91 Å². The van der Waals surface area contributed by atoms with Gasteiger partial charge in [-0.25, -0.2) is 4.39 Å². The molecule has 0 aromatic heterocycles. The van der Waals surface area contributed by atoms with E-state index in [0.29, 0.717) is 0 Å². The third-order valence-electron chi connectivity index (χ3n) is 1.76. The van der Waals surface area contributed by atoms with E-state index in [-0.39, 0.29) is 23.1 Å². The van der Waals surface area contributed by atoms with Crippen molar-refractivity contribution in [2.24, 2.45) is 5.11 Å². The molecule has 0 saturated heterocycles. The van der Waals surface area contributed by atoms with Crippen LogP contribution in [0.1, 0.15) is 10.4 Å². The predicted octanol–water partition coefficient (Wildman–Crippen LogP) is 2.63. The lowest BCUT2D eigenvalue weighted by Crippen LogP contribution is -2.26. The van der Waals surface area contributed by atoms with Crippen molar-refractivity contribution >= 4 is 21.8 Å². The number of amides is 1. The van der Waals surface area contributed by atoms with E-state index in [4.69, 9.17) is 5.53 Å². The second kappa shape index (κ2) is 6.09. The Labute approximate surface area is 99.4 Å². The van der Waals surface area contributed by atoms with Gasteiger partial charge in [0.2, 0.25) is 0 Å². The van der Waals surface area contributed by atoms with Crippen LogP contribution in [0.25, 0.3) is 10.4 Å². The van der Waals surface area contributed by atoms with E-state index in [9.17, 15) is 9.18 Å². The van der Waals surface area contributed by atoms with E-state index in [0.717, 1.165) is 0 Å². The number of nitrogens with one attached hydrogen (secondary N) is 1. The standard InChI is InChI=1S/C9H8BrFN4O/c10-8-6(2-1-3-7(8)11)9(16)13-4-5-14-15-12/h1-3H,4-5H2,(H,13,16). The van der Waals surface area contributed by atoms with Crippen LogP contribution in [0, 0.1) is 5.82 Å². The molecule has 1 aromatic carbocycles. The molecule has 1 aromatic rings. The zero-order chi connectivity index (χ0) is 12.0. The smallest absolute Gasteiger partial charge is 0.252 e. The van der Waals surface area contributed by atoms with Crippen molar-refractivity contribution < 1.29 is 9.18 Å². The van der Waals surface area contributed by atoms with Gasteiger partial charge in [0.05, 0.1) is 10.0 Å². The van der Waals surface area contributed by atoms with Crippen LogP contribution in [0.3, 0.4) is 0 Å². The fourth-order valence-electron chi connectivity index (χ4n) is 1.04. The average Bonchev–Trinajstić information content (AvgIpc) is 2.28. The fraction of sp³-hybridized carbons (Fsp3) is 0.222. The van der Waals surface area contributed by atoms with Gasteiger partial charge in [0, 0.05) is 18.0 Å². The first-order valence-electron chi connectivity index (χ1n) is 4.40. The Morgan fingerprint density at radius 3 is 3.06 bits per heavy atom. The summed E-state index contributed by atoms with van der Waals surface area (Å²) in [4.78, 5) is 14.1. The summed E-state index contributed by atoms with van der Waals surface area (Å²) in [6, 6.07) is 4.19. The van der Waals surface area contributed by atoms with Crippen molar-refractivity contribution in [3.05, 3.63) is 44.5 Å². The van der Waals surface area contributed by atoms with Crippen molar-refractivity contribution in [2.75, 3.05) is 13.1 Å². The number of benzene rings is 1. The molecular formula is C9H8BrFN4O. The highest BCUT2D eigenvalue weighted by Gasteiger charge is 2.11. The van der Waals surface area contributed by atoms with Crippen LogP contribution < -0.4 is 5.32 Å². The summed E-state index contributed by atoms with van der Waals surface area (Å²) in [6.07, 6.45) is 0. The van der Waals surface area contributed by atoms with E-state index < -0.39 is 11.7 Å². The van der Waals surface area contributed by atoms with Crippen LogP contribution in [0.15, 0.2) is 27.8 Å². The quantitative estimate of drug-likeness (QED) is 0.393. The maximum absolute atomic E-state index is 13.1. The Hall–Kier alpha value is -1.59. The molecule has 0 saturated carbocycles. The van der Waals surface area contributed by atoms with Gasteiger partial charge in [-0.05, 0) is 33.6 Å². The fourth-order valence-corrected chi connectivity index (χ4v) is 1.48. The van der Waals surface area contributed by atoms with Crippen molar-refractivity contribution in [3.63, 3.8) is 0 Å². The van der Waals surface area contributed by atoms with Crippen molar-refractivity contribution in [3.8, 4) is 0 Å². The molecule has 0 radical (unpaired) electrons. The summed E-state index contributed by atoms with van der Waals surface area (Å²) < 4.78 is 13.2. The van der Waals surface area contributed by atoms with Crippen LogP contribution in [-0.4, -0.2) is 19.0 Å². The lowest BCUT2D eigenvalue weighted by molar-refractivity contribution is 0.0953. The molecule has 1 N–H and O–H groups in total. The average molecular weight is 287 g/mol. The minimum atomic E-state index is -0.498. The highest BCUT2D eigenvalue weighted by molar-refractivity contribution is 9.10. The summed E-state index contributed by atoms with van der Waals surface area (Å²) in [6.45, 7) is 0.376. The number of hydrogen-bond donors (Lipinski definition) is 1. The third kappa shape index (κ3) is 3.22. The highest BCUT2D eigenvalue weighted by atomic mass is 79.9. The number of azide groups is 1. The highest BCUT2D eigenvalue weighted by Crippen LogP contribution is 2.19. The predicted molar refractivity (Wildman–Crippen MR) is 60.4 cm³/mol. The van der Waals surface area contributed by atoms with Crippen LogP contribution in [0.4, 0.5) is 4.39 Å². The molecule has 7 heteroatoms. The number of carbonyl (C=O) groups excluding carboxylic acids is 1. The molecule has 0 aliphatic carbocycles. The van der Waals surface area contributed by atoms with Gasteiger partial charge in [0.1, 0.15) is 5.82 Å². The van der Waals surface area contributed by atoms with E-state index in [1.54, 1.807) is 0 Å². The van der Waals surface area contributed by atoms with Gasteiger partial charge >= 0.3 is 0 Å². The number of halogens is 2. The van der Waals surface area contributed by atoms with E-state index in [1.807, 2.05) is 0 Å². The largest absolute Gasteiger partial charge is 0.352 e. The lowest BCUT2D eigenvalue weighted by Gasteiger charge is -2.05. The number of carbonyl (C=O) groups is 1. The molecule has 0 heterocycles. The second-order valence-electron chi connectivity index (χ2n) is 2.81. The summed E-state index contributed by atoms with van der Waals surface area (Å²) >= 11 is 2.99. The summed E-state index contributed by atoms with van der Waals surface area (Å²) in [7, 11) is 0. The Morgan fingerprint density at radius 2 is 2.38 bits per heavy atom. The third-order valence-corrected chi connectivity index (χ3v) is 2.56. The second-order valence-corrected chi connectivity index (χ2v) is 3.60. The molecule has 1 rings (SSSR count). The first kappa shape index (κ1) is 12.5. The zero-order valence-electron chi connectivity index (χ0n) is 8.15. The molecule has 0 unspecified atom stereocenters. The van der Waals surface area contributed by atoms with Gasteiger partial charge in [-0.3, -0.25) is 4.79 Å². The maximum atomic E-state index is 13.1. The van der Waals surface area contributed by atoms with Crippen molar-refractivity contribution in [2.45, 2.75) is 0 Å². The molecule has 0 fully saturated rings. The summed E-state index contributed by atoms with van der Waals surface area (Å²) in [5.74, 6) is -0.915. The molecule has 1 amide bonds. The zero-order valence-corrected chi connectivity index (χ0v) is 9.74. The number of hydrogen-bond acceptors (Lipinski definition) is 2. The molecule has 5 nitrogen and oxygen atoms in total. The first-order chi connectivity index (χ1) is 7.66. The van der Waals surface area contributed by atoms with Crippen LogP contribution >= 0.6 is 15.9 Å². The Bertz CT molecular complexity index is 445. The summed E-state index contributed by atoms with van der Waals surface area (Å²) in [5, 5.41) is 5.76. The first-order valence-corrected chi connectivity index (χ1v) is 5.19. The normalized spacial score (nSPS) is 9.38. The van der Waals surface area contributed by atoms with Crippen molar-refractivity contribution in [1.82, 2.24) is 5.32 Å². The van der Waals surface area contributed by atoms with Crippen molar-refractivity contribution in [1.29, 1.82) is 0 Å². The van der Waals surface area contributed by atoms with E-state index in [1.165, 1.54) is 18.2 Å². The molecule has 0 aliphatic heterocycles. The van der Waals surface area contributed by atoms with E-state index >= 15 is 0 Å². The number of rotatable bonds is 4. The molecule has 0 atom stereocenters. The van der Waals surface area contributed by atoms with Gasteiger partial charge in [-0.2, -0.15) is 0 Å². The Kier molecular flexibility index (Phi) is 4.75. The molecule has 84 valence electrons. The van der Waals surface area contributed by atoms with Gasteiger partial charge < -0.3 is 5.32 Å². The minimum absolute atomic E-state index is 0.122. The SMILES string of the molecule is [N-]=[N+]=NCCNC(=O)c1cccc(F)c1Br. The Morgan fingerprint density at radius 1 is 1.62 bits per heavy atom. The van der Waals surface area contributed by atoms with Crippen LogP contribution in [0.5, 0.6) is 0 Å². The molecule has 0 bridgehead atoms. The minimum Gasteiger partial charge on any atom is -0.352 e. The topological polar surface area (TPSA) is 77.9 Å². The Balaban J connectivity index is 2.66. The van der Waals surface area contributed by atoms with Crippen LogP contribution in [-0.2, 0) is 0 Å². The van der Waals surface area contributed by atoms with E-state index in [2.05, 4.69) is 31.3 Å². The number of nitrogens with zero attached hydrogens (tertiary/aromatic N) is 3. The lowest BCUT2D eigenvalue weighted by atomic mass is 10.2. The monoisotopic (exact) mass is 286 g/mol. The summed E-state index contributed by atoms with van der Waals surface area (Å²) in [5.41, 5.74) is 8.23. The molecule has 0 spiro atoms. The van der Waals surface area contributed by atoms with Crippen LogP contribution in [0.2, 0.25) is 0 Å².